The number of nitrogens with one attached hydrogen (secondary N) is 1. The fourth-order valence-corrected chi connectivity index (χ4v) is 3.39. The molecule has 2 amide bonds. The first-order chi connectivity index (χ1) is 13.8. The van der Waals surface area contributed by atoms with Crippen LogP contribution in [0.3, 0.4) is 0 Å². The van der Waals surface area contributed by atoms with Crippen LogP contribution in [0.4, 0.5) is 11.4 Å². The Morgan fingerprint density at radius 2 is 1.62 bits per heavy atom. The fraction of sp³-hybridized carbons (Fsp3) is 0.391. The van der Waals surface area contributed by atoms with Gasteiger partial charge in [0.05, 0.1) is 5.41 Å². The lowest BCUT2D eigenvalue weighted by Crippen LogP contribution is -2.48. The van der Waals surface area contributed by atoms with Crippen molar-refractivity contribution in [3.05, 3.63) is 59.7 Å². The Balaban J connectivity index is 1.58. The van der Waals surface area contributed by atoms with Gasteiger partial charge in [-0.1, -0.05) is 18.2 Å². The SMILES string of the molecule is Cc1ccccc1C(=O)N1CCN(c2ccc(NC(=O)C(C)(C)CCl)cc2)CC1. The van der Waals surface area contributed by atoms with Crippen molar-refractivity contribution >= 4 is 34.8 Å². The number of hydrogen-bond donors (Lipinski definition) is 1. The molecule has 1 fully saturated rings. The van der Waals surface area contributed by atoms with Gasteiger partial charge in [0.15, 0.2) is 0 Å². The number of rotatable bonds is 5. The summed E-state index contributed by atoms with van der Waals surface area (Å²) in [5, 5.41) is 2.91. The highest BCUT2D eigenvalue weighted by atomic mass is 35.5. The summed E-state index contributed by atoms with van der Waals surface area (Å²) in [5.74, 6) is 0.272. The second-order valence-electron chi connectivity index (χ2n) is 8.11. The maximum Gasteiger partial charge on any atom is 0.254 e. The first kappa shape index (κ1) is 21.2. The van der Waals surface area contributed by atoms with E-state index in [1.165, 1.54) is 0 Å². The van der Waals surface area contributed by atoms with Gasteiger partial charge in [-0.3, -0.25) is 9.59 Å². The quantitative estimate of drug-likeness (QED) is 0.749. The van der Waals surface area contributed by atoms with Gasteiger partial charge in [0, 0.05) is 49.0 Å². The average Bonchev–Trinajstić information content (AvgIpc) is 2.74. The van der Waals surface area contributed by atoms with Gasteiger partial charge < -0.3 is 15.1 Å². The number of alkyl halides is 1. The van der Waals surface area contributed by atoms with Crippen molar-refractivity contribution in [2.24, 2.45) is 5.41 Å². The third kappa shape index (κ3) is 4.91. The van der Waals surface area contributed by atoms with Crippen LogP contribution >= 0.6 is 11.6 Å². The summed E-state index contributed by atoms with van der Waals surface area (Å²) < 4.78 is 0. The van der Waals surface area contributed by atoms with E-state index in [-0.39, 0.29) is 17.7 Å². The monoisotopic (exact) mass is 413 g/mol. The second-order valence-corrected chi connectivity index (χ2v) is 8.38. The van der Waals surface area contributed by atoms with Crippen molar-refractivity contribution in [1.82, 2.24) is 4.90 Å². The van der Waals surface area contributed by atoms with Crippen LogP contribution in [0.25, 0.3) is 0 Å². The smallest absolute Gasteiger partial charge is 0.254 e. The lowest BCUT2D eigenvalue weighted by atomic mass is 9.95. The Kier molecular flexibility index (Phi) is 6.48. The van der Waals surface area contributed by atoms with Crippen molar-refractivity contribution in [2.75, 3.05) is 42.3 Å². The molecule has 1 aliphatic rings. The van der Waals surface area contributed by atoms with Crippen LogP contribution in [0.1, 0.15) is 29.8 Å². The topological polar surface area (TPSA) is 52.7 Å². The number of carbonyl (C=O) groups excluding carboxylic acids is 2. The van der Waals surface area contributed by atoms with Gasteiger partial charge in [-0.2, -0.15) is 0 Å². The Bertz CT molecular complexity index is 872. The first-order valence-electron chi connectivity index (χ1n) is 9.89. The molecule has 3 rings (SSSR count). The molecule has 0 atom stereocenters. The van der Waals surface area contributed by atoms with Crippen LogP contribution in [0.2, 0.25) is 0 Å². The molecule has 0 aromatic heterocycles. The van der Waals surface area contributed by atoms with Crippen LogP contribution in [0.15, 0.2) is 48.5 Å². The van der Waals surface area contributed by atoms with Crippen LogP contribution in [-0.2, 0) is 4.79 Å². The van der Waals surface area contributed by atoms with Crippen molar-refractivity contribution in [2.45, 2.75) is 20.8 Å². The molecule has 0 bridgehead atoms. The predicted molar refractivity (Wildman–Crippen MR) is 119 cm³/mol. The molecule has 0 unspecified atom stereocenters. The Hall–Kier alpha value is -2.53. The zero-order valence-electron chi connectivity index (χ0n) is 17.2. The van der Waals surface area contributed by atoms with Gasteiger partial charge >= 0.3 is 0 Å². The summed E-state index contributed by atoms with van der Waals surface area (Å²) in [6.45, 7) is 8.55. The molecule has 2 aromatic rings. The van der Waals surface area contributed by atoms with E-state index in [0.29, 0.717) is 13.1 Å². The summed E-state index contributed by atoms with van der Waals surface area (Å²) in [6.07, 6.45) is 0. The Labute approximate surface area is 177 Å². The number of hydrogen-bond acceptors (Lipinski definition) is 3. The number of amides is 2. The molecule has 1 aliphatic heterocycles. The first-order valence-corrected chi connectivity index (χ1v) is 10.4. The number of nitrogens with zero attached hydrogens (tertiary/aromatic N) is 2. The van der Waals surface area contributed by atoms with E-state index in [4.69, 9.17) is 11.6 Å². The molecule has 0 radical (unpaired) electrons. The molecular weight excluding hydrogens is 386 g/mol. The van der Waals surface area contributed by atoms with Crippen molar-refractivity contribution in [1.29, 1.82) is 0 Å². The molecule has 6 heteroatoms. The molecule has 1 heterocycles. The van der Waals surface area contributed by atoms with Gasteiger partial charge in [-0.25, -0.2) is 0 Å². The number of aryl methyl sites for hydroxylation is 1. The van der Waals surface area contributed by atoms with Gasteiger partial charge in [-0.15, -0.1) is 11.6 Å². The maximum atomic E-state index is 12.8. The van der Waals surface area contributed by atoms with Crippen LogP contribution < -0.4 is 10.2 Å². The van der Waals surface area contributed by atoms with E-state index in [2.05, 4.69) is 10.2 Å². The third-order valence-electron chi connectivity index (χ3n) is 5.38. The minimum absolute atomic E-state index is 0.0939. The molecule has 5 nitrogen and oxygen atoms in total. The zero-order chi connectivity index (χ0) is 21.0. The molecule has 1 N–H and O–H groups in total. The third-order valence-corrected chi connectivity index (χ3v) is 6.05. The number of carbonyl (C=O) groups is 2. The number of anilines is 2. The summed E-state index contributed by atoms with van der Waals surface area (Å²) in [7, 11) is 0. The number of halogens is 1. The molecule has 154 valence electrons. The molecule has 2 aromatic carbocycles. The van der Waals surface area contributed by atoms with Crippen molar-refractivity contribution < 1.29 is 9.59 Å². The molecule has 29 heavy (non-hydrogen) atoms. The van der Waals surface area contributed by atoms with E-state index < -0.39 is 5.41 Å². The van der Waals surface area contributed by atoms with E-state index in [1.807, 2.05) is 74.2 Å². The summed E-state index contributed by atoms with van der Waals surface area (Å²) in [5.41, 5.74) is 3.02. The van der Waals surface area contributed by atoms with Crippen LogP contribution in [-0.4, -0.2) is 48.8 Å². The summed E-state index contributed by atoms with van der Waals surface area (Å²) in [6, 6.07) is 15.5. The lowest BCUT2D eigenvalue weighted by Gasteiger charge is -2.36. The molecule has 0 aliphatic carbocycles. The van der Waals surface area contributed by atoms with Gasteiger partial charge in [0.25, 0.3) is 5.91 Å². The second kappa shape index (κ2) is 8.87. The Morgan fingerprint density at radius 3 is 2.21 bits per heavy atom. The van der Waals surface area contributed by atoms with Crippen molar-refractivity contribution in [3.8, 4) is 0 Å². The van der Waals surface area contributed by atoms with Gasteiger partial charge in [0.2, 0.25) is 5.91 Å². The highest BCUT2D eigenvalue weighted by Gasteiger charge is 2.27. The summed E-state index contributed by atoms with van der Waals surface area (Å²) in [4.78, 5) is 29.2. The number of benzene rings is 2. The Morgan fingerprint density at radius 1 is 1.00 bits per heavy atom. The highest BCUT2D eigenvalue weighted by molar-refractivity contribution is 6.20. The maximum absolute atomic E-state index is 12.8. The minimum atomic E-state index is -0.611. The van der Waals surface area contributed by atoms with Crippen LogP contribution in [0.5, 0.6) is 0 Å². The van der Waals surface area contributed by atoms with E-state index >= 15 is 0 Å². The van der Waals surface area contributed by atoms with E-state index in [1.54, 1.807) is 0 Å². The lowest BCUT2D eigenvalue weighted by molar-refractivity contribution is -0.122. The number of piperazine rings is 1. The van der Waals surface area contributed by atoms with Gasteiger partial charge in [0.1, 0.15) is 0 Å². The predicted octanol–water partition coefficient (Wildman–Crippen LogP) is 4.16. The van der Waals surface area contributed by atoms with E-state index in [0.717, 1.165) is 35.6 Å². The average molecular weight is 414 g/mol. The normalized spacial score (nSPS) is 14.6. The molecule has 0 saturated carbocycles. The van der Waals surface area contributed by atoms with Gasteiger partial charge in [-0.05, 0) is 56.7 Å². The van der Waals surface area contributed by atoms with Crippen LogP contribution in [0, 0.1) is 12.3 Å². The molecule has 1 saturated heterocycles. The fourth-order valence-electron chi connectivity index (χ4n) is 3.27. The zero-order valence-corrected chi connectivity index (χ0v) is 18.0. The molecule has 0 spiro atoms. The minimum Gasteiger partial charge on any atom is -0.368 e. The largest absolute Gasteiger partial charge is 0.368 e. The standard InChI is InChI=1S/C23H28ClN3O2/c1-17-6-4-5-7-20(17)21(28)27-14-12-26(13-15-27)19-10-8-18(9-11-19)25-22(29)23(2,3)16-24/h4-11H,12-16H2,1-3H3,(H,25,29). The highest BCUT2D eigenvalue weighted by Crippen LogP contribution is 2.23. The van der Waals surface area contributed by atoms with Crippen molar-refractivity contribution in [3.63, 3.8) is 0 Å². The molecular formula is C23H28ClN3O2. The van der Waals surface area contributed by atoms with E-state index in [9.17, 15) is 9.59 Å². The summed E-state index contributed by atoms with van der Waals surface area (Å²) >= 11 is 5.87.